The second-order valence-corrected chi connectivity index (χ2v) is 7.83. The van der Waals surface area contributed by atoms with Crippen LogP contribution >= 0.6 is 0 Å². The Morgan fingerprint density at radius 1 is 1.13 bits per heavy atom. The van der Waals surface area contributed by atoms with Crippen LogP contribution in [0.25, 0.3) is 10.9 Å². The number of rotatable bonds is 3. The van der Waals surface area contributed by atoms with Crippen molar-refractivity contribution in [2.24, 2.45) is 7.05 Å². The predicted molar refractivity (Wildman–Crippen MR) is 109 cm³/mol. The van der Waals surface area contributed by atoms with Gasteiger partial charge in [-0.2, -0.15) is 18.3 Å². The minimum atomic E-state index is -4.37. The van der Waals surface area contributed by atoms with Crippen molar-refractivity contribution in [3.8, 4) is 0 Å². The number of aryl methyl sites for hydroxylation is 1. The number of halogens is 3. The number of nitrogens with one attached hydrogen (secondary N) is 1. The molecule has 2 aromatic heterocycles. The Balaban J connectivity index is 1.64. The summed E-state index contributed by atoms with van der Waals surface area (Å²) in [5.74, 6) is 0. The van der Waals surface area contributed by atoms with Gasteiger partial charge >= 0.3 is 6.18 Å². The van der Waals surface area contributed by atoms with E-state index in [9.17, 15) is 13.2 Å². The fourth-order valence-electron chi connectivity index (χ4n) is 4.51. The van der Waals surface area contributed by atoms with Gasteiger partial charge < -0.3 is 4.98 Å². The van der Waals surface area contributed by atoms with E-state index >= 15 is 0 Å². The topological polar surface area (TPSA) is 36.9 Å². The predicted octanol–water partition coefficient (Wildman–Crippen LogP) is 5.07. The number of H-pyrrole nitrogens is 1. The Morgan fingerprint density at radius 2 is 1.97 bits per heavy atom. The Morgan fingerprint density at radius 3 is 2.73 bits per heavy atom. The molecule has 0 amide bonds. The highest BCUT2D eigenvalue weighted by Crippen LogP contribution is 2.40. The number of para-hydroxylation sites is 1. The van der Waals surface area contributed by atoms with Crippen LogP contribution in [0.4, 0.5) is 13.2 Å². The van der Waals surface area contributed by atoms with Crippen LogP contribution in [0.3, 0.4) is 0 Å². The summed E-state index contributed by atoms with van der Waals surface area (Å²) in [5.41, 5.74) is 4.24. The van der Waals surface area contributed by atoms with Crippen molar-refractivity contribution in [1.82, 2.24) is 19.7 Å². The number of aromatic nitrogens is 3. The maximum Gasteiger partial charge on any atom is 0.416 e. The number of benzene rings is 2. The van der Waals surface area contributed by atoms with Crippen LogP contribution in [-0.4, -0.2) is 26.2 Å². The van der Waals surface area contributed by atoms with E-state index in [0.29, 0.717) is 12.1 Å². The molecule has 154 valence electrons. The Bertz CT molecular complexity index is 1200. The van der Waals surface area contributed by atoms with E-state index in [1.807, 2.05) is 37.6 Å². The van der Waals surface area contributed by atoms with Gasteiger partial charge in [0.15, 0.2) is 0 Å². The molecule has 4 aromatic rings. The van der Waals surface area contributed by atoms with Crippen molar-refractivity contribution in [2.45, 2.75) is 25.2 Å². The highest BCUT2D eigenvalue weighted by atomic mass is 19.4. The van der Waals surface area contributed by atoms with Gasteiger partial charge in [0, 0.05) is 48.5 Å². The van der Waals surface area contributed by atoms with Crippen LogP contribution in [0.2, 0.25) is 0 Å². The van der Waals surface area contributed by atoms with Gasteiger partial charge in [0.1, 0.15) is 0 Å². The molecule has 0 unspecified atom stereocenters. The van der Waals surface area contributed by atoms with Crippen molar-refractivity contribution in [1.29, 1.82) is 0 Å². The zero-order valence-electron chi connectivity index (χ0n) is 16.4. The second kappa shape index (κ2) is 7.02. The third-order valence-corrected chi connectivity index (χ3v) is 5.81. The van der Waals surface area contributed by atoms with Crippen molar-refractivity contribution in [3.05, 3.63) is 88.9 Å². The Kier molecular flexibility index (Phi) is 4.43. The third kappa shape index (κ3) is 3.29. The van der Waals surface area contributed by atoms with E-state index < -0.39 is 11.7 Å². The van der Waals surface area contributed by atoms with Crippen molar-refractivity contribution >= 4 is 10.9 Å². The SMILES string of the molecule is Cn1cc(CN2CCc3c([nH]c4ccccc34)[C@H]2c2cccc(C(F)(F)F)c2)cn1. The smallest absolute Gasteiger partial charge is 0.357 e. The highest BCUT2D eigenvalue weighted by Gasteiger charge is 2.35. The van der Waals surface area contributed by atoms with Crippen molar-refractivity contribution < 1.29 is 13.2 Å². The van der Waals surface area contributed by atoms with Gasteiger partial charge in [-0.25, -0.2) is 0 Å². The van der Waals surface area contributed by atoms with Gasteiger partial charge in [0.2, 0.25) is 0 Å². The molecule has 0 spiro atoms. The average molecular weight is 410 g/mol. The summed E-state index contributed by atoms with van der Waals surface area (Å²) in [7, 11) is 1.86. The van der Waals surface area contributed by atoms with Gasteiger partial charge in [-0.3, -0.25) is 9.58 Å². The summed E-state index contributed by atoms with van der Waals surface area (Å²) >= 11 is 0. The number of nitrogens with zero attached hydrogens (tertiary/aromatic N) is 3. The molecule has 0 saturated carbocycles. The molecule has 0 saturated heterocycles. The fraction of sp³-hybridized carbons (Fsp3) is 0.261. The lowest BCUT2D eigenvalue weighted by atomic mass is 9.91. The molecule has 7 heteroatoms. The highest BCUT2D eigenvalue weighted by molar-refractivity contribution is 5.85. The molecule has 1 atom stereocenters. The monoisotopic (exact) mass is 410 g/mol. The van der Waals surface area contributed by atoms with Gasteiger partial charge in [0.05, 0.1) is 17.8 Å². The molecule has 0 bridgehead atoms. The van der Waals surface area contributed by atoms with Crippen LogP contribution in [0.15, 0.2) is 60.9 Å². The molecule has 0 fully saturated rings. The average Bonchev–Trinajstić information content (AvgIpc) is 3.30. The molecule has 5 rings (SSSR count). The fourth-order valence-corrected chi connectivity index (χ4v) is 4.51. The van der Waals surface area contributed by atoms with E-state index in [-0.39, 0.29) is 6.04 Å². The molecule has 4 nitrogen and oxygen atoms in total. The first-order valence-electron chi connectivity index (χ1n) is 9.88. The summed E-state index contributed by atoms with van der Waals surface area (Å²) in [4.78, 5) is 5.73. The van der Waals surface area contributed by atoms with Crippen molar-refractivity contribution in [3.63, 3.8) is 0 Å². The molecule has 1 N–H and O–H groups in total. The quantitative estimate of drug-likeness (QED) is 0.512. The van der Waals surface area contributed by atoms with E-state index in [1.165, 1.54) is 17.7 Å². The zero-order chi connectivity index (χ0) is 20.9. The molecule has 1 aliphatic rings. The van der Waals surface area contributed by atoms with Crippen molar-refractivity contribution in [2.75, 3.05) is 6.54 Å². The largest absolute Gasteiger partial charge is 0.416 e. The molecule has 3 heterocycles. The summed E-state index contributed by atoms with van der Waals surface area (Å²) in [6, 6.07) is 13.5. The van der Waals surface area contributed by atoms with Gasteiger partial charge in [0.25, 0.3) is 0 Å². The number of aromatic amines is 1. The van der Waals surface area contributed by atoms with Crippen LogP contribution in [0.1, 0.15) is 34.0 Å². The molecular formula is C23H21F3N4. The summed E-state index contributed by atoms with van der Waals surface area (Å²) in [5, 5.41) is 5.38. The van der Waals surface area contributed by atoms with E-state index in [0.717, 1.165) is 41.2 Å². The zero-order valence-corrected chi connectivity index (χ0v) is 16.4. The molecular weight excluding hydrogens is 389 g/mol. The molecule has 0 aliphatic carbocycles. The Labute approximate surface area is 171 Å². The van der Waals surface area contributed by atoms with Crippen LogP contribution in [0.5, 0.6) is 0 Å². The summed E-state index contributed by atoms with van der Waals surface area (Å²) in [6.07, 6.45) is 0.227. The molecule has 30 heavy (non-hydrogen) atoms. The lowest BCUT2D eigenvalue weighted by molar-refractivity contribution is -0.137. The van der Waals surface area contributed by atoms with Crippen LogP contribution < -0.4 is 0 Å². The van der Waals surface area contributed by atoms with Gasteiger partial charge in [-0.1, -0.05) is 30.3 Å². The van der Waals surface area contributed by atoms with Gasteiger partial charge in [-0.15, -0.1) is 0 Å². The lowest BCUT2D eigenvalue weighted by Gasteiger charge is -2.36. The minimum absolute atomic E-state index is 0.288. The number of hydrogen-bond acceptors (Lipinski definition) is 2. The number of alkyl halides is 3. The number of fused-ring (bicyclic) bond motifs is 3. The second-order valence-electron chi connectivity index (χ2n) is 7.83. The minimum Gasteiger partial charge on any atom is -0.357 e. The standard InChI is InChI=1S/C23H21F3N4/c1-29-13-15(12-27-29)14-30-10-9-19-18-7-2-3-8-20(18)28-21(19)22(30)16-5-4-6-17(11-16)23(24,25)26/h2-8,11-13,22,28H,9-10,14H2,1H3/t22-/m1/s1. The Hall–Kier alpha value is -3.06. The maximum atomic E-state index is 13.4. The first-order chi connectivity index (χ1) is 14.4. The third-order valence-electron chi connectivity index (χ3n) is 5.81. The molecule has 2 aromatic carbocycles. The molecule has 0 radical (unpaired) electrons. The first-order valence-corrected chi connectivity index (χ1v) is 9.88. The summed E-state index contributed by atoms with van der Waals surface area (Å²) in [6.45, 7) is 1.37. The number of hydrogen-bond donors (Lipinski definition) is 1. The molecule has 1 aliphatic heterocycles. The van der Waals surface area contributed by atoms with Crippen LogP contribution in [-0.2, 0) is 26.2 Å². The van der Waals surface area contributed by atoms with E-state index in [1.54, 1.807) is 10.7 Å². The van der Waals surface area contributed by atoms with E-state index in [4.69, 9.17) is 0 Å². The normalized spacial score (nSPS) is 17.4. The van der Waals surface area contributed by atoms with Gasteiger partial charge in [-0.05, 0) is 35.7 Å². The van der Waals surface area contributed by atoms with E-state index in [2.05, 4.69) is 21.0 Å². The maximum absolute atomic E-state index is 13.4. The summed E-state index contributed by atoms with van der Waals surface area (Å²) < 4.78 is 42.0. The first kappa shape index (κ1) is 18.9. The lowest BCUT2D eigenvalue weighted by Crippen LogP contribution is -2.35. The van der Waals surface area contributed by atoms with Crippen LogP contribution in [0, 0.1) is 0 Å².